The Hall–Kier alpha value is -2.75. The van der Waals surface area contributed by atoms with Crippen LogP contribution in [0.25, 0.3) is 0 Å². The number of rotatable bonds is 6. The Kier molecular flexibility index (Phi) is 6.55. The van der Waals surface area contributed by atoms with Gasteiger partial charge in [-0.25, -0.2) is 8.42 Å². The Morgan fingerprint density at radius 2 is 1.37 bits per heavy atom. The standard InChI is InChI=1S/C20H25N3O6S/c1-15-2-4-16(5-3-15)30(28,29)13-8-17(24)21-9-11-22(12-10-21)20(27)14-23-18(25)6-7-19(23)26/h2-5H,6-14H2,1H3. The molecule has 0 atom stereocenters. The van der Waals surface area contributed by atoms with Crippen molar-refractivity contribution in [2.75, 3.05) is 38.5 Å². The first-order valence-electron chi connectivity index (χ1n) is 9.85. The van der Waals surface area contributed by atoms with E-state index >= 15 is 0 Å². The SMILES string of the molecule is Cc1ccc(S(=O)(=O)CCC(=O)N2CCN(C(=O)CN3C(=O)CCC3=O)CC2)cc1. The minimum absolute atomic E-state index is 0.124. The van der Waals surface area contributed by atoms with Gasteiger partial charge in [-0.3, -0.25) is 24.1 Å². The van der Waals surface area contributed by atoms with Crippen molar-refractivity contribution >= 4 is 33.5 Å². The highest BCUT2D eigenvalue weighted by Gasteiger charge is 2.33. The lowest BCUT2D eigenvalue weighted by Gasteiger charge is -2.35. The zero-order valence-electron chi connectivity index (χ0n) is 16.9. The molecule has 2 heterocycles. The van der Waals surface area contributed by atoms with E-state index < -0.39 is 9.84 Å². The summed E-state index contributed by atoms with van der Waals surface area (Å²) in [5.41, 5.74) is 0.955. The van der Waals surface area contributed by atoms with Crippen LogP contribution in [0.1, 0.15) is 24.8 Å². The predicted octanol–water partition coefficient (Wildman–Crippen LogP) is -0.0214. The second-order valence-corrected chi connectivity index (χ2v) is 9.63. The fraction of sp³-hybridized carbons (Fsp3) is 0.500. The van der Waals surface area contributed by atoms with Crippen LogP contribution in [0.5, 0.6) is 0 Å². The predicted molar refractivity (Wildman–Crippen MR) is 107 cm³/mol. The van der Waals surface area contributed by atoms with Gasteiger partial charge in [0.25, 0.3) is 0 Å². The number of sulfone groups is 1. The minimum Gasteiger partial charge on any atom is -0.339 e. The summed E-state index contributed by atoms with van der Waals surface area (Å²) in [6.45, 7) is 2.75. The lowest BCUT2D eigenvalue weighted by molar-refractivity contribution is -0.147. The normalized spacial score (nSPS) is 17.6. The van der Waals surface area contributed by atoms with Gasteiger partial charge >= 0.3 is 0 Å². The zero-order valence-corrected chi connectivity index (χ0v) is 17.7. The number of amides is 4. The second-order valence-electron chi connectivity index (χ2n) is 7.52. The van der Waals surface area contributed by atoms with E-state index in [0.717, 1.165) is 10.5 Å². The maximum atomic E-state index is 12.4. The minimum atomic E-state index is -3.54. The molecule has 0 N–H and O–H groups in total. The highest BCUT2D eigenvalue weighted by molar-refractivity contribution is 7.91. The third-order valence-electron chi connectivity index (χ3n) is 5.40. The summed E-state index contributed by atoms with van der Waals surface area (Å²) in [6.07, 6.45) is 0.153. The number of nitrogens with zero attached hydrogens (tertiary/aromatic N) is 3. The maximum absolute atomic E-state index is 12.4. The first kappa shape index (κ1) is 21.9. The van der Waals surface area contributed by atoms with E-state index in [-0.39, 0.29) is 86.3 Å². The van der Waals surface area contributed by atoms with Gasteiger partial charge < -0.3 is 9.80 Å². The molecule has 162 valence electrons. The van der Waals surface area contributed by atoms with Crippen molar-refractivity contribution in [1.82, 2.24) is 14.7 Å². The zero-order chi connectivity index (χ0) is 21.9. The summed E-state index contributed by atoms with van der Waals surface area (Å²) in [7, 11) is -3.54. The molecule has 4 amide bonds. The molecule has 0 radical (unpaired) electrons. The van der Waals surface area contributed by atoms with Gasteiger partial charge in [-0.2, -0.15) is 0 Å². The molecule has 10 heteroatoms. The summed E-state index contributed by atoms with van der Waals surface area (Å²) in [5.74, 6) is -1.54. The van der Waals surface area contributed by atoms with Crippen LogP contribution in [0.3, 0.4) is 0 Å². The van der Waals surface area contributed by atoms with Gasteiger partial charge in [0.2, 0.25) is 23.6 Å². The Balaban J connectivity index is 1.47. The summed E-state index contributed by atoms with van der Waals surface area (Å²) in [4.78, 5) is 52.3. The Labute approximate surface area is 175 Å². The summed E-state index contributed by atoms with van der Waals surface area (Å²) < 4.78 is 24.8. The summed E-state index contributed by atoms with van der Waals surface area (Å²) in [6, 6.07) is 6.51. The van der Waals surface area contributed by atoms with Crippen LogP contribution in [0, 0.1) is 6.92 Å². The van der Waals surface area contributed by atoms with Gasteiger partial charge in [0.05, 0.1) is 10.6 Å². The van der Waals surface area contributed by atoms with Gasteiger partial charge in [0.1, 0.15) is 6.54 Å². The van der Waals surface area contributed by atoms with Crippen LogP contribution in [0.4, 0.5) is 0 Å². The quantitative estimate of drug-likeness (QED) is 0.581. The number of carbonyl (C=O) groups excluding carboxylic acids is 4. The fourth-order valence-electron chi connectivity index (χ4n) is 3.48. The maximum Gasteiger partial charge on any atom is 0.242 e. The molecular weight excluding hydrogens is 410 g/mol. The van der Waals surface area contributed by atoms with Gasteiger partial charge in [0, 0.05) is 45.4 Å². The molecular formula is C20H25N3O6S. The van der Waals surface area contributed by atoms with E-state index in [4.69, 9.17) is 0 Å². The van der Waals surface area contributed by atoms with E-state index in [1.807, 2.05) is 6.92 Å². The van der Waals surface area contributed by atoms with Crippen LogP contribution in [-0.4, -0.2) is 85.2 Å². The molecule has 2 saturated heterocycles. The first-order valence-corrected chi connectivity index (χ1v) is 11.5. The van der Waals surface area contributed by atoms with Gasteiger partial charge in [-0.15, -0.1) is 0 Å². The third-order valence-corrected chi connectivity index (χ3v) is 7.13. The molecule has 2 fully saturated rings. The molecule has 0 aromatic heterocycles. The fourth-order valence-corrected chi connectivity index (χ4v) is 4.71. The van der Waals surface area contributed by atoms with Crippen molar-refractivity contribution in [2.45, 2.75) is 31.1 Å². The number of benzene rings is 1. The van der Waals surface area contributed by atoms with Crippen LogP contribution < -0.4 is 0 Å². The third kappa shape index (κ3) is 5.05. The molecule has 0 unspecified atom stereocenters. The van der Waals surface area contributed by atoms with Crippen molar-refractivity contribution in [3.8, 4) is 0 Å². The van der Waals surface area contributed by atoms with Crippen molar-refractivity contribution < 1.29 is 27.6 Å². The number of likely N-dealkylation sites (tertiary alicyclic amines) is 1. The van der Waals surface area contributed by atoms with Crippen LogP contribution >= 0.6 is 0 Å². The molecule has 9 nitrogen and oxygen atoms in total. The van der Waals surface area contributed by atoms with E-state index in [1.165, 1.54) is 17.0 Å². The number of hydrogen-bond donors (Lipinski definition) is 0. The first-order chi connectivity index (χ1) is 14.2. The highest BCUT2D eigenvalue weighted by atomic mass is 32.2. The number of imide groups is 1. The van der Waals surface area contributed by atoms with E-state index in [1.54, 1.807) is 17.0 Å². The van der Waals surface area contributed by atoms with E-state index in [2.05, 4.69) is 0 Å². The number of aryl methyl sites for hydroxylation is 1. The Morgan fingerprint density at radius 3 is 1.90 bits per heavy atom. The summed E-state index contributed by atoms with van der Waals surface area (Å²) in [5, 5.41) is 0. The number of carbonyl (C=O) groups is 4. The lowest BCUT2D eigenvalue weighted by atomic mass is 10.2. The smallest absolute Gasteiger partial charge is 0.242 e. The molecule has 2 aliphatic rings. The number of hydrogen-bond acceptors (Lipinski definition) is 6. The molecule has 1 aromatic carbocycles. The topological polar surface area (TPSA) is 112 Å². The van der Waals surface area contributed by atoms with Crippen LogP contribution in [-0.2, 0) is 29.0 Å². The molecule has 3 rings (SSSR count). The lowest BCUT2D eigenvalue weighted by Crippen LogP contribution is -2.53. The highest BCUT2D eigenvalue weighted by Crippen LogP contribution is 2.15. The van der Waals surface area contributed by atoms with Crippen molar-refractivity contribution in [3.63, 3.8) is 0 Å². The monoisotopic (exact) mass is 435 g/mol. The van der Waals surface area contributed by atoms with Crippen molar-refractivity contribution in [2.24, 2.45) is 0 Å². The van der Waals surface area contributed by atoms with Gasteiger partial charge in [0.15, 0.2) is 9.84 Å². The molecule has 30 heavy (non-hydrogen) atoms. The molecule has 1 aromatic rings. The largest absolute Gasteiger partial charge is 0.339 e. The Morgan fingerprint density at radius 1 is 0.867 bits per heavy atom. The van der Waals surface area contributed by atoms with Crippen molar-refractivity contribution in [1.29, 1.82) is 0 Å². The molecule has 2 aliphatic heterocycles. The van der Waals surface area contributed by atoms with E-state index in [0.29, 0.717) is 0 Å². The molecule has 0 spiro atoms. The van der Waals surface area contributed by atoms with Crippen molar-refractivity contribution in [3.05, 3.63) is 29.8 Å². The van der Waals surface area contributed by atoms with Gasteiger partial charge in [-0.05, 0) is 19.1 Å². The molecule has 0 bridgehead atoms. The average molecular weight is 436 g/mol. The molecule has 0 aliphatic carbocycles. The van der Waals surface area contributed by atoms with Gasteiger partial charge in [-0.1, -0.05) is 17.7 Å². The summed E-state index contributed by atoms with van der Waals surface area (Å²) >= 11 is 0. The molecule has 0 saturated carbocycles. The van der Waals surface area contributed by atoms with E-state index in [9.17, 15) is 27.6 Å². The average Bonchev–Trinajstić information content (AvgIpc) is 3.04. The second kappa shape index (κ2) is 8.95. The number of piperazine rings is 1. The Bertz CT molecular complexity index is 933. The van der Waals surface area contributed by atoms with Crippen LogP contribution in [0.15, 0.2) is 29.2 Å². The van der Waals surface area contributed by atoms with Crippen LogP contribution in [0.2, 0.25) is 0 Å².